The molecule has 1 atom stereocenters. The van der Waals surface area contributed by atoms with Crippen LogP contribution in [0.4, 0.5) is 5.69 Å². The summed E-state index contributed by atoms with van der Waals surface area (Å²) in [5.74, 6) is 0.448. The Balaban J connectivity index is 2.80. The summed E-state index contributed by atoms with van der Waals surface area (Å²) >= 11 is 0. The highest BCUT2D eigenvalue weighted by molar-refractivity contribution is 5.97. The van der Waals surface area contributed by atoms with Gasteiger partial charge in [0, 0.05) is 12.2 Å². The summed E-state index contributed by atoms with van der Waals surface area (Å²) in [5.41, 5.74) is 0.738. The van der Waals surface area contributed by atoms with Crippen molar-refractivity contribution in [2.75, 3.05) is 19.0 Å². The summed E-state index contributed by atoms with van der Waals surface area (Å²) < 4.78 is 11.0. The van der Waals surface area contributed by atoms with Crippen LogP contribution in [0.5, 0.6) is 5.88 Å². The minimum absolute atomic E-state index is 0.117. The fourth-order valence-corrected chi connectivity index (χ4v) is 2.40. The van der Waals surface area contributed by atoms with Crippen molar-refractivity contribution in [3.8, 4) is 5.88 Å². The second kappa shape index (κ2) is 9.50. The number of unbranched alkanes of at least 4 members (excludes halogenated alkanes) is 2. The molecule has 1 rings (SSSR count). The lowest BCUT2D eigenvalue weighted by molar-refractivity contribution is -0.140. The highest BCUT2D eigenvalue weighted by Crippen LogP contribution is 2.24. The standard InChI is InChI=1S/C18H30N2O3/c1-6-8-9-10-18(4,23-11-7-2)17(21)20-15-12-14(3)16(22-5)19-13-15/h12-13H,6-11H2,1-5H3,(H,20,21)/t18-/m0/s1. The lowest BCUT2D eigenvalue weighted by Gasteiger charge is -2.28. The van der Waals surface area contributed by atoms with Crippen molar-refractivity contribution in [3.05, 3.63) is 17.8 Å². The Kier molecular flexibility index (Phi) is 8.03. The number of carbonyl (C=O) groups excluding carboxylic acids is 1. The van der Waals surface area contributed by atoms with Crippen LogP contribution in [0.1, 0.15) is 58.4 Å². The molecule has 0 unspecified atom stereocenters. The van der Waals surface area contributed by atoms with Crippen LogP contribution >= 0.6 is 0 Å². The van der Waals surface area contributed by atoms with Gasteiger partial charge in [-0.3, -0.25) is 4.79 Å². The number of rotatable bonds is 10. The molecule has 1 heterocycles. The summed E-state index contributed by atoms with van der Waals surface area (Å²) in [4.78, 5) is 16.9. The number of nitrogens with one attached hydrogen (secondary N) is 1. The molecule has 23 heavy (non-hydrogen) atoms. The van der Waals surface area contributed by atoms with Crippen molar-refractivity contribution in [1.29, 1.82) is 0 Å². The van der Waals surface area contributed by atoms with Gasteiger partial charge in [-0.25, -0.2) is 4.98 Å². The number of hydrogen-bond acceptors (Lipinski definition) is 4. The Labute approximate surface area is 139 Å². The first-order valence-electron chi connectivity index (χ1n) is 8.42. The molecular formula is C18H30N2O3. The van der Waals surface area contributed by atoms with E-state index in [1.165, 1.54) is 0 Å². The van der Waals surface area contributed by atoms with Crippen molar-refractivity contribution in [3.63, 3.8) is 0 Å². The predicted molar refractivity (Wildman–Crippen MR) is 92.9 cm³/mol. The molecule has 0 aliphatic heterocycles. The van der Waals surface area contributed by atoms with Gasteiger partial charge in [0.2, 0.25) is 5.88 Å². The average molecular weight is 322 g/mol. The number of aryl methyl sites for hydroxylation is 1. The molecule has 5 nitrogen and oxygen atoms in total. The maximum absolute atomic E-state index is 12.7. The molecule has 0 radical (unpaired) electrons. The molecule has 5 heteroatoms. The van der Waals surface area contributed by atoms with E-state index < -0.39 is 5.60 Å². The van der Waals surface area contributed by atoms with E-state index in [1.54, 1.807) is 13.3 Å². The average Bonchev–Trinajstić information content (AvgIpc) is 2.53. The van der Waals surface area contributed by atoms with Crippen molar-refractivity contribution in [2.24, 2.45) is 0 Å². The Morgan fingerprint density at radius 2 is 2.04 bits per heavy atom. The third kappa shape index (κ3) is 5.82. The summed E-state index contributed by atoms with van der Waals surface area (Å²) in [6.07, 6.45) is 6.41. The van der Waals surface area contributed by atoms with Crippen LogP contribution in [0.2, 0.25) is 0 Å². The monoisotopic (exact) mass is 322 g/mol. The quantitative estimate of drug-likeness (QED) is 0.659. The number of ether oxygens (including phenoxy) is 2. The number of carbonyl (C=O) groups is 1. The minimum Gasteiger partial charge on any atom is -0.481 e. The van der Waals surface area contributed by atoms with Gasteiger partial charge in [0.05, 0.1) is 19.0 Å². The first kappa shape index (κ1) is 19.4. The maximum Gasteiger partial charge on any atom is 0.256 e. The zero-order valence-corrected chi connectivity index (χ0v) is 15.1. The van der Waals surface area contributed by atoms with Crippen molar-refractivity contribution >= 4 is 11.6 Å². The number of hydrogen-bond donors (Lipinski definition) is 1. The summed E-state index contributed by atoms with van der Waals surface area (Å²) in [6, 6.07) is 1.86. The van der Waals surface area contributed by atoms with E-state index in [1.807, 2.05) is 26.8 Å². The molecule has 1 amide bonds. The molecule has 1 aromatic heterocycles. The van der Waals surface area contributed by atoms with Gasteiger partial charge >= 0.3 is 0 Å². The molecular weight excluding hydrogens is 292 g/mol. The van der Waals surface area contributed by atoms with Crippen molar-refractivity contribution in [2.45, 2.75) is 65.4 Å². The molecule has 0 aliphatic carbocycles. The fraction of sp³-hybridized carbons (Fsp3) is 0.667. The van der Waals surface area contributed by atoms with Gasteiger partial charge in [-0.1, -0.05) is 33.1 Å². The first-order valence-corrected chi connectivity index (χ1v) is 8.42. The van der Waals surface area contributed by atoms with Crippen LogP contribution in [0, 0.1) is 6.92 Å². The van der Waals surface area contributed by atoms with Crippen molar-refractivity contribution < 1.29 is 14.3 Å². The van der Waals surface area contributed by atoms with Gasteiger partial charge < -0.3 is 14.8 Å². The van der Waals surface area contributed by atoms with Crippen LogP contribution in [-0.4, -0.2) is 30.2 Å². The van der Waals surface area contributed by atoms with Gasteiger partial charge in [0.15, 0.2) is 0 Å². The number of nitrogens with zero attached hydrogens (tertiary/aromatic N) is 1. The second-order valence-corrected chi connectivity index (χ2v) is 6.04. The summed E-state index contributed by atoms with van der Waals surface area (Å²) in [6.45, 7) is 8.54. The Hall–Kier alpha value is -1.62. The van der Waals surface area contributed by atoms with Crippen LogP contribution in [0.25, 0.3) is 0 Å². The lowest BCUT2D eigenvalue weighted by atomic mass is 9.96. The van der Waals surface area contributed by atoms with E-state index >= 15 is 0 Å². The van der Waals surface area contributed by atoms with Crippen molar-refractivity contribution in [1.82, 2.24) is 4.98 Å². The highest BCUT2D eigenvalue weighted by Gasteiger charge is 2.33. The van der Waals surface area contributed by atoms with E-state index in [9.17, 15) is 4.79 Å². The zero-order valence-electron chi connectivity index (χ0n) is 15.1. The van der Waals surface area contributed by atoms with Crippen LogP contribution in [0.15, 0.2) is 12.3 Å². The molecule has 0 spiro atoms. The minimum atomic E-state index is -0.807. The molecule has 1 aromatic rings. The highest BCUT2D eigenvalue weighted by atomic mass is 16.5. The molecule has 1 N–H and O–H groups in total. The number of anilines is 1. The van der Waals surface area contributed by atoms with Crippen LogP contribution in [-0.2, 0) is 9.53 Å². The number of pyridine rings is 1. The van der Waals surface area contributed by atoms with E-state index in [0.717, 1.165) is 37.7 Å². The Morgan fingerprint density at radius 3 is 2.61 bits per heavy atom. The molecule has 0 aromatic carbocycles. The lowest BCUT2D eigenvalue weighted by Crippen LogP contribution is -2.43. The molecule has 0 bridgehead atoms. The summed E-state index contributed by atoms with van der Waals surface area (Å²) in [7, 11) is 1.58. The Morgan fingerprint density at radius 1 is 1.30 bits per heavy atom. The summed E-state index contributed by atoms with van der Waals surface area (Å²) in [5, 5.41) is 2.93. The molecule has 0 saturated heterocycles. The third-order valence-corrected chi connectivity index (χ3v) is 3.84. The third-order valence-electron chi connectivity index (χ3n) is 3.84. The largest absolute Gasteiger partial charge is 0.481 e. The van der Waals surface area contributed by atoms with Gasteiger partial charge in [-0.2, -0.15) is 0 Å². The fourth-order valence-electron chi connectivity index (χ4n) is 2.40. The van der Waals surface area contributed by atoms with E-state index in [-0.39, 0.29) is 5.91 Å². The van der Waals surface area contributed by atoms with E-state index in [4.69, 9.17) is 9.47 Å². The SMILES string of the molecule is CCCCC[C@](C)(OCCC)C(=O)Nc1cnc(OC)c(C)c1. The number of methoxy groups -OCH3 is 1. The maximum atomic E-state index is 12.7. The van der Waals surface area contributed by atoms with Crippen LogP contribution < -0.4 is 10.1 Å². The second-order valence-electron chi connectivity index (χ2n) is 6.04. The van der Waals surface area contributed by atoms with Gasteiger partial charge in [0.25, 0.3) is 5.91 Å². The number of amides is 1. The normalized spacial score (nSPS) is 13.4. The molecule has 0 saturated carbocycles. The Bertz CT molecular complexity index is 505. The zero-order chi connectivity index (χ0) is 17.3. The van der Waals surface area contributed by atoms with Gasteiger partial charge in [0.1, 0.15) is 5.60 Å². The topological polar surface area (TPSA) is 60.5 Å². The predicted octanol–water partition coefficient (Wildman–Crippen LogP) is 4.10. The van der Waals surface area contributed by atoms with Crippen LogP contribution in [0.3, 0.4) is 0 Å². The first-order chi connectivity index (χ1) is 11.0. The molecule has 130 valence electrons. The number of aromatic nitrogens is 1. The molecule has 0 aliphatic rings. The smallest absolute Gasteiger partial charge is 0.256 e. The van der Waals surface area contributed by atoms with Gasteiger partial charge in [-0.15, -0.1) is 0 Å². The van der Waals surface area contributed by atoms with E-state index in [2.05, 4.69) is 17.2 Å². The van der Waals surface area contributed by atoms with Gasteiger partial charge in [-0.05, 0) is 32.8 Å². The van der Waals surface area contributed by atoms with E-state index in [0.29, 0.717) is 18.2 Å². The molecule has 0 fully saturated rings.